The van der Waals surface area contributed by atoms with E-state index in [-0.39, 0.29) is 0 Å². The zero-order valence-corrected chi connectivity index (χ0v) is 7.69. The number of benzene rings is 1. The van der Waals surface area contributed by atoms with E-state index in [1.165, 1.54) is 0 Å². The van der Waals surface area contributed by atoms with E-state index in [1.54, 1.807) is 24.3 Å². The first-order valence-corrected chi connectivity index (χ1v) is 4.10. The fourth-order valence-corrected chi connectivity index (χ4v) is 1.33. The van der Waals surface area contributed by atoms with Gasteiger partial charge in [-0.3, -0.25) is 9.59 Å². The van der Waals surface area contributed by atoms with E-state index >= 15 is 0 Å². The van der Waals surface area contributed by atoms with E-state index in [0.717, 1.165) is 12.6 Å². The summed E-state index contributed by atoms with van der Waals surface area (Å²) in [5.74, 6) is 0. The lowest BCUT2D eigenvalue weighted by atomic mass is 9.97. The molecule has 0 atom stereocenters. The van der Waals surface area contributed by atoms with Gasteiger partial charge < -0.3 is 0 Å². The molecule has 1 rings (SSSR count). The molecule has 0 N–H and O–H groups in total. The fourth-order valence-electron chi connectivity index (χ4n) is 1.33. The van der Waals surface area contributed by atoms with E-state index in [9.17, 15) is 9.59 Å². The molecule has 1 aromatic carbocycles. The predicted octanol–water partition coefficient (Wildman–Crippen LogP) is 2.60. The second-order valence-electron chi connectivity index (χ2n) is 2.72. The number of hydrogen-bond acceptors (Lipinski definition) is 2. The number of carbonyl (C=O) groups excluding carboxylic acids is 2. The molecule has 0 aromatic heterocycles. The smallest absolute Gasteiger partial charge is 0.150 e. The van der Waals surface area contributed by atoms with Crippen molar-refractivity contribution in [2.75, 3.05) is 0 Å². The van der Waals surface area contributed by atoms with Gasteiger partial charge in [-0.15, -0.1) is 0 Å². The maximum atomic E-state index is 10.7. The van der Waals surface area contributed by atoms with Gasteiger partial charge in [0.15, 0.2) is 12.6 Å². The Morgan fingerprint density at radius 2 is 1.21 bits per heavy atom. The van der Waals surface area contributed by atoms with Crippen LogP contribution >= 0.6 is 0 Å². The highest BCUT2D eigenvalue weighted by molar-refractivity contribution is 5.91. The molecule has 1 aromatic rings. The van der Waals surface area contributed by atoms with Crippen LogP contribution in [0.25, 0.3) is 12.2 Å². The highest BCUT2D eigenvalue weighted by Crippen LogP contribution is 2.19. The van der Waals surface area contributed by atoms with Crippen molar-refractivity contribution in [3.05, 3.63) is 47.5 Å². The molecule has 0 radical (unpaired) electrons. The zero-order chi connectivity index (χ0) is 10.6. The third-order valence-electron chi connectivity index (χ3n) is 2.02. The second-order valence-corrected chi connectivity index (χ2v) is 2.72. The molecule has 2 nitrogen and oxygen atoms in total. The van der Waals surface area contributed by atoms with Crippen LogP contribution in [0.5, 0.6) is 0 Å². The van der Waals surface area contributed by atoms with Gasteiger partial charge in [-0.2, -0.15) is 0 Å². The van der Waals surface area contributed by atoms with Gasteiger partial charge in [0.25, 0.3) is 0 Å². The maximum Gasteiger partial charge on any atom is 0.150 e. The fraction of sp³-hybridized carbons (Fsp3) is 0. The maximum absolute atomic E-state index is 10.7. The van der Waals surface area contributed by atoms with Crippen molar-refractivity contribution in [2.24, 2.45) is 0 Å². The normalized spacial score (nSPS) is 9.14. The summed E-state index contributed by atoms with van der Waals surface area (Å²) in [6.45, 7) is 7.20. The van der Waals surface area contributed by atoms with Gasteiger partial charge in [0, 0.05) is 11.1 Å². The first-order chi connectivity index (χ1) is 6.78. The highest BCUT2D eigenvalue weighted by Gasteiger charge is 2.06. The van der Waals surface area contributed by atoms with Crippen molar-refractivity contribution in [3.63, 3.8) is 0 Å². The highest BCUT2D eigenvalue weighted by atomic mass is 16.1. The molecule has 0 spiro atoms. The molecule has 2 heteroatoms. The lowest BCUT2D eigenvalue weighted by molar-refractivity contribution is 0.111. The summed E-state index contributed by atoms with van der Waals surface area (Å²) in [6, 6.07) is 3.20. The monoisotopic (exact) mass is 186 g/mol. The Kier molecular flexibility index (Phi) is 3.13. The Morgan fingerprint density at radius 1 is 0.857 bits per heavy atom. The zero-order valence-electron chi connectivity index (χ0n) is 7.69. The van der Waals surface area contributed by atoms with Crippen LogP contribution in [0.2, 0.25) is 0 Å². The summed E-state index contributed by atoms with van der Waals surface area (Å²) in [5.41, 5.74) is 2.33. The van der Waals surface area contributed by atoms with Crippen LogP contribution in [-0.4, -0.2) is 12.6 Å². The van der Waals surface area contributed by atoms with Crippen LogP contribution in [0.3, 0.4) is 0 Å². The van der Waals surface area contributed by atoms with Crippen molar-refractivity contribution >= 4 is 24.7 Å². The van der Waals surface area contributed by atoms with Gasteiger partial charge >= 0.3 is 0 Å². The van der Waals surface area contributed by atoms with Gasteiger partial charge in [-0.05, 0) is 11.1 Å². The van der Waals surface area contributed by atoms with Crippen molar-refractivity contribution < 1.29 is 9.59 Å². The summed E-state index contributed by atoms with van der Waals surface area (Å²) in [7, 11) is 0. The van der Waals surface area contributed by atoms with E-state index in [2.05, 4.69) is 13.2 Å². The topological polar surface area (TPSA) is 34.1 Å². The molecule has 0 aliphatic rings. The quantitative estimate of drug-likeness (QED) is 0.677. The molecule has 0 heterocycles. The molecule has 0 saturated carbocycles. The molecule has 0 amide bonds. The summed E-state index contributed by atoms with van der Waals surface area (Å²) in [5, 5.41) is 0. The minimum Gasteiger partial charge on any atom is -0.298 e. The van der Waals surface area contributed by atoms with Crippen LogP contribution in [0.4, 0.5) is 0 Å². The van der Waals surface area contributed by atoms with Crippen LogP contribution in [0.1, 0.15) is 31.8 Å². The Balaban J connectivity index is 3.58. The molecule has 0 bridgehead atoms. The number of rotatable bonds is 4. The Bertz CT molecular complexity index is 364. The van der Waals surface area contributed by atoms with Gasteiger partial charge in [0.1, 0.15) is 0 Å². The van der Waals surface area contributed by atoms with Crippen LogP contribution in [-0.2, 0) is 0 Å². The van der Waals surface area contributed by atoms with Gasteiger partial charge in [0.2, 0.25) is 0 Å². The molecule has 0 saturated heterocycles. The average Bonchev–Trinajstić information content (AvgIpc) is 2.26. The third kappa shape index (κ3) is 1.55. The molecule has 0 aliphatic heterocycles. The van der Waals surface area contributed by atoms with E-state index in [0.29, 0.717) is 22.3 Å². The van der Waals surface area contributed by atoms with Gasteiger partial charge in [-0.1, -0.05) is 37.4 Å². The molecular weight excluding hydrogens is 176 g/mol. The Hall–Kier alpha value is -1.96. The summed E-state index contributed by atoms with van der Waals surface area (Å²) in [6.07, 6.45) is 4.57. The van der Waals surface area contributed by atoms with Crippen LogP contribution in [0, 0.1) is 0 Å². The van der Waals surface area contributed by atoms with E-state index in [1.807, 2.05) is 0 Å². The SMILES string of the molecule is C=Cc1c(C=O)ccc(C=O)c1C=C. The Labute approximate surface area is 82.6 Å². The molecule has 0 unspecified atom stereocenters. The lowest BCUT2D eigenvalue weighted by Gasteiger charge is -2.06. The Morgan fingerprint density at radius 3 is 1.43 bits per heavy atom. The van der Waals surface area contributed by atoms with Crippen molar-refractivity contribution in [2.45, 2.75) is 0 Å². The predicted molar refractivity (Wildman–Crippen MR) is 57.4 cm³/mol. The molecule has 0 fully saturated rings. The number of hydrogen-bond donors (Lipinski definition) is 0. The molecular formula is C12H10O2. The van der Waals surface area contributed by atoms with E-state index < -0.39 is 0 Å². The average molecular weight is 186 g/mol. The molecule has 70 valence electrons. The van der Waals surface area contributed by atoms with Crippen LogP contribution in [0.15, 0.2) is 25.3 Å². The minimum atomic E-state index is 0.514. The van der Waals surface area contributed by atoms with Crippen molar-refractivity contribution in [3.8, 4) is 0 Å². The molecule has 0 aliphatic carbocycles. The van der Waals surface area contributed by atoms with Crippen molar-refractivity contribution in [1.82, 2.24) is 0 Å². The van der Waals surface area contributed by atoms with Gasteiger partial charge in [0.05, 0.1) is 0 Å². The number of carbonyl (C=O) groups is 2. The standard InChI is InChI=1S/C12H10O2/c1-3-11-9(7-13)5-6-10(8-14)12(11)4-2/h3-8H,1-2H2. The van der Waals surface area contributed by atoms with E-state index in [4.69, 9.17) is 0 Å². The minimum absolute atomic E-state index is 0.514. The summed E-state index contributed by atoms with van der Waals surface area (Å²) < 4.78 is 0. The van der Waals surface area contributed by atoms with Gasteiger partial charge in [-0.25, -0.2) is 0 Å². The summed E-state index contributed by atoms with van der Waals surface area (Å²) in [4.78, 5) is 21.4. The number of aldehydes is 2. The first kappa shape index (κ1) is 10.1. The van der Waals surface area contributed by atoms with Crippen molar-refractivity contribution in [1.29, 1.82) is 0 Å². The first-order valence-electron chi connectivity index (χ1n) is 4.10. The largest absolute Gasteiger partial charge is 0.298 e. The molecule has 14 heavy (non-hydrogen) atoms. The second kappa shape index (κ2) is 4.33. The van der Waals surface area contributed by atoms with Crippen LogP contribution < -0.4 is 0 Å². The summed E-state index contributed by atoms with van der Waals surface area (Å²) >= 11 is 0. The third-order valence-corrected chi connectivity index (χ3v) is 2.02. The lowest BCUT2D eigenvalue weighted by Crippen LogP contribution is -1.95.